The first-order valence-corrected chi connectivity index (χ1v) is 5.51. The van der Waals surface area contributed by atoms with E-state index in [1.165, 1.54) is 14.2 Å². The Hall–Kier alpha value is 0.110. The highest BCUT2D eigenvalue weighted by molar-refractivity contribution is 7.53. The SMILES string of the molecule is COP(=O)(CNC(C)(C)C)OC. The molecular weight excluding hydrogens is 177 g/mol. The third-order valence-electron chi connectivity index (χ3n) is 1.36. The predicted molar refractivity (Wildman–Crippen MR) is 49.4 cm³/mol. The third-order valence-corrected chi connectivity index (χ3v) is 3.02. The molecule has 0 fully saturated rings. The summed E-state index contributed by atoms with van der Waals surface area (Å²) >= 11 is 0. The van der Waals surface area contributed by atoms with Gasteiger partial charge in [-0.1, -0.05) is 0 Å². The van der Waals surface area contributed by atoms with Crippen LogP contribution in [0.2, 0.25) is 0 Å². The zero-order chi connectivity index (χ0) is 9.83. The quantitative estimate of drug-likeness (QED) is 0.695. The summed E-state index contributed by atoms with van der Waals surface area (Å²) in [5, 5.41) is 3.05. The molecule has 0 rings (SSSR count). The molecule has 5 heteroatoms. The number of nitrogens with one attached hydrogen (secondary N) is 1. The van der Waals surface area contributed by atoms with Gasteiger partial charge >= 0.3 is 7.60 Å². The molecule has 0 heterocycles. The van der Waals surface area contributed by atoms with Gasteiger partial charge < -0.3 is 14.4 Å². The van der Waals surface area contributed by atoms with E-state index in [9.17, 15) is 4.57 Å². The van der Waals surface area contributed by atoms with E-state index < -0.39 is 7.60 Å². The molecule has 0 aromatic rings. The Balaban J connectivity index is 3.99. The van der Waals surface area contributed by atoms with E-state index >= 15 is 0 Å². The zero-order valence-electron chi connectivity index (χ0n) is 8.38. The summed E-state index contributed by atoms with van der Waals surface area (Å²) in [6, 6.07) is 0. The van der Waals surface area contributed by atoms with Crippen molar-refractivity contribution in [1.29, 1.82) is 0 Å². The average molecular weight is 195 g/mol. The van der Waals surface area contributed by atoms with E-state index in [1.54, 1.807) is 0 Å². The summed E-state index contributed by atoms with van der Waals surface area (Å²) in [5.41, 5.74) is -0.0767. The lowest BCUT2D eigenvalue weighted by Crippen LogP contribution is -2.36. The fourth-order valence-corrected chi connectivity index (χ4v) is 1.61. The van der Waals surface area contributed by atoms with Crippen LogP contribution in [0.15, 0.2) is 0 Å². The Kier molecular flexibility index (Phi) is 4.42. The molecule has 0 unspecified atom stereocenters. The molecule has 0 aromatic carbocycles. The molecule has 0 aliphatic heterocycles. The molecule has 0 amide bonds. The molecule has 0 spiro atoms. The van der Waals surface area contributed by atoms with Crippen LogP contribution in [-0.4, -0.2) is 26.0 Å². The first-order valence-electron chi connectivity index (χ1n) is 3.78. The van der Waals surface area contributed by atoms with Crippen LogP contribution in [0.5, 0.6) is 0 Å². The molecule has 0 radical (unpaired) electrons. The van der Waals surface area contributed by atoms with Gasteiger partial charge in [0.2, 0.25) is 0 Å². The van der Waals surface area contributed by atoms with Crippen molar-refractivity contribution in [1.82, 2.24) is 5.32 Å². The minimum Gasteiger partial charge on any atom is -0.311 e. The van der Waals surface area contributed by atoms with Crippen molar-refractivity contribution in [2.24, 2.45) is 0 Å². The van der Waals surface area contributed by atoms with E-state index in [2.05, 4.69) is 5.32 Å². The Labute approximate surface area is 74.2 Å². The van der Waals surface area contributed by atoms with Crippen LogP contribution in [0.1, 0.15) is 20.8 Å². The molecule has 0 saturated carbocycles. The Bertz CT molecular complexity index is 168. The van der Waals surface area contributed by atoms with Gasteiger partial charge in [0.05, 0.1) is 6.29 Å². The maximum absolute atomic E-state index is 11.5. The summed E-state index contributed by atoms with van der Waals surface area (Å²) in [7, 11) is -0.122. The second-order valence-corrected chi connectivity index (χ2v) is 5.83. The van der Waals surface area contributed by atoms with Gasteiger partial charge in [-0.3, -0.25) is 4.57 Å². The number of rotatable bonds is 4. The predicted octanol–water partition coefficient (Wildman–Crippen LogP) is 1.82. The van der Waals surface area contributed by atoms with E-state index in [0.29, 0.717) is 0 Å². The van der Waals surface area contributed by atoms with Crippen LogP contribution in [0, 0.1) is 0 Å². The largest absolute Gasteiger partial charge is 0.343 e. The fraction of sp³-hybridized carbons (Fsp3) is 1.00. The summed E-state index contributed by atoms with van der Waals surface area (Å²) in [6.45, 7) is 5.97. The number of hydrogen-bond donors (Lipinski definition) is 1. The van der Waals surface area contributed by atoms with Crippen molar-refractivity contribution in [3.8, 4) is 0 Å². The van der Waals surface area contributed by atoms with E-state index in [4.69, 9.17) is 9.05 Å². The maximum Gasteiger partial charge on any atom is 0.343 e. The lowest BCUT2D eigenvalue weighted by atomic mass is 10.1. The van der Waals surface area contributed by atoms with Gasteiger partial charge in [0.1, 0.15) is 0 Å². The second-order valence-electron chi connectivity index (χ2n) is 3.56. The van der Waals surface area contributed by atoms with Crippen LogP contribution in [0.3, 0.4) is 0 Å². The van der Waals surface area contributed by atoms with Crippen LogP contribution in [0.25, 0.3) is 0 Å². The normalized spacial score (nSPS) is 13.4. The molecule has 74 valence electrons. The van der Waals surface area contributed by atoms with E-state index in [-0.39, 0.29) is 11.8 Å². The Morgan fingerprint density at radius 3 is 1.92 bits per heavy atom. The van der Waals surface area contributed by atoms with Crippen molar-refractivity contribution < 1.29 is 13.6 Å². The average Bonchev–Trinajstić information content (AvgIpc) is 1.99. The van der Waals surface area contributed by atoms with E-state index in [0.717, 1.165) is 0 Å². The summed E-state index contributed by atoms with van der Waals surface area (Å²) in [6.07, 6.45) is 0.240. The smallest absolute Gasteiger partial charge is 0.311 e. The molecule has 0 aliphatic rings. The molecule has 1 N–H and O–H groups in total. The molecule has 0 atom stereocenters. The summed E-state index contributed by atoms with van der Waals surface area (Å²) < 4.78 is 21.0. The summed E-state index contributed by atoms with van der Waals surface area (Å²) in [4.78, 5) is 0. The van der Waals surface area contributed by atoms with Crippen molar-refractivity contribution in [3.05, 3.63) is 0 Å². The van der Waals surface area contributed by atoms with Crippen LogP contribution in [0.4, 0.5) is 0 Å². The topological polar surface area (TPSA) is 47.6 Å². The van der Waals surface area contributed by atoms with Crippen LogP contribution < -0.4 is 5.32 Å². The molecule has 4 nitrogen and oxygen atoms in total. The van der Waals surface area contributed by atoms with Crippen molar-refractivity contribution in [3.63, 3.8) is 0 Å². The Morgan fingerprint density at radius 2 is 1.67 bits per heavy atom. The zero-order valence-corrected chi connectivity index (χ0v) is 9.27. The first-order chi connectivity index (χ1) is 5.33. The van der Waals surface area contributed by atoms with Gasteiger partial charge in [0.15, 0.2) is 0 Å². The highest BCUT2D eigenvalue weighted by Crippen LogP contribution is 2.45. The van der Waals surface area contributed by atoms with Gasteiger partial charge in [0, 0.05) is 19.8 Å². The minimum absolute atomic E-state index is 0.0767. The van der Waals surface area contributed by atoms with Gasteiger partial charge in [0.25, 0.3) is 0 Å². The van der Waals surface area contributed by atoms with Gasteiger partial charge in [-0.25, -0.2) is 0 Å². The third kappa shape index (κ3) is 4.88. The molecule has 12 heavy (non-hydrogen) atoms. The van der Waals surface area contributed by atoms with Crippen LogP contribution in [-0.2, 0) is 13.6 Å². The number of hydrogen-bond acceptors (Lipinski definition) is 4. The highest BCUT2D eigenvalue weighted by Gasteiger charge is 2.23. The molecule has 0 saturated heterocycles. The first kappa shape index (κ1) is 12.1. The second kappa shape index (κ2) is 4.38. The molecule has 0 bridgehead atoms. The van der Waals surface area contributed by atoms with Gasteiger partial charge in [-0.15, -0.1) is 0 Å². The molecule has 0 aromatic heterocycles. The standard InChI is InChI=1S/C7H18NO3P/c1-7(2,3)8-6-12(9,10-4)11-5/h8H,6H2,1-5H3. The van der Waals surface area contributed by atoms with Gasteiger partial charge in [-0.2, -0.15) is 0 Å². The molecule has 0 aliphatic carbocycles. The van der Waals surface area contributed by atoms with Crippen molar-refractivity contribution in [2.75, 3.05) is 20.5 Å². The lowest BCUT2D eigenvalue weighted by Gasteiger charge is -2.23. The minimum atomic E-state index is -2.89. The maximum atomic E-state index is 11.5. The van der Waals surface area contributed by atoms with Gasteiger partial charge in [-0.05, 0) is 20.8 Å². The molecular formula is C7H18NO3P. The van der Waals surface area contributed by atoms with Crippen molar-refractivity contribution in [2.45, 2.75) is 26.3 Å². The monoisotopic (exact) mass is 195 g/mol. The van der Waals surface area contributed by atoms with Crippen molar-refractivity contribution >= 4 is 7.60 Å². The fourth-order valence-electron chi connectivity index (χ4n) is 0.538. The summed E-state index contributed by atoms with van der Waals surface area (Å²) in [5.74, 6) is 0. The Morgan fingerprint density at radius 1 is 1.25 bits per heavy atom. The highest BCUT2D eigenvalue weighted by atomic mass is 31.2. The van der Waals surface area contributed by atoms with Crippen LogP contribution >= 0.6 is 7.60 Å². The van der Waals surface area contributed by atoms with E-state index in [1.807, 2.05) is 20.8 Å². The lowest BCUT2D eigenvalue weighted by molar-refractivity contribution is 0.267.